The maximum absolute atomic E-state index is 15.0. The summed E-state index contributed by atoms with van der Waals surface area (Å²) in [6.45, 7) is 6.21. The molecule has 31 heavy (non-hydrogen) atoms. The molecule has 1 heterocycles. The van der Waals surface area contributed by atoms with E-state index in [4.69, 9.17) is 9.47 Å². The molecule has 3 rings (SSSR count). The molecule has 2 unspecified atom stereocenters. The standard InChI is InChI=1S/C24H30F4O3/c1-3-5-16-8-12-20(30-14-16)23(29)31-19-13-11-18(21(22(19)25)24(26,27)28)17-9-6-15(4-2)7-10-17/h4,11,13,15-17,20H,2-3,5-10,12,14H2,1H3. The van der Waals surface area contributed by atoms with Crippen LogP contribution in [0, 0.1) is 17.7 Å². The van der Waals surface area contributed by atoms with E-state index in [9.17, 15) is 22.4 Å². The first-order chi connectivity index (χ1) is 14.7. The summed E-state index contributed by atoms with van der Waals surface area (Å²) in [4.78, 5) is 12.4. The predicted octanol–water partition coefficient (Wildman–Crippen LogP) is 6.81. The number of allylic oxidation sites excluding steroid dienone is 1. The molecular formula is C24H30F4O3. The van der Waals surface area contributed by atoms with Gasteiger partial charge in [-0.05, 0) is 74.3 Å². The Labute approximate surface area is 180 Å². The maximum atomic E-state index is 15.0. The molecule has 0 amide bonds. The fourth-order valence-electron chi connectivity index (χ4n) is 4.75. The Bertz CT molecular complexity index is 774. The van der Waals surface area contributed by atoms with Crippen LogP contribution in [0.1, 0.15) is 75.3 Å². The van der Waals surface area contributed by atoms with E-state index in [-0.39, 0.29) is 17.4 Å². The smallest absolute Gasteiger partial charge is 0.419 e. The van der Waals surface area contributed by atoms with Crippen molar-refractivity contribution in [1.29, 1.82) is 0 Å². The van der Waals surface area contributed by atoms with E-state index in [0.29, 0.717) is 31.8 Å². The van der Waals surface area contributed by atoms with Gasteiger partial charge in [0, 0.05) is 0 Å². The van der Waals surface area contributed by atoms with E-state index in [2.05, 4.69) is 13.5 Å². The molecule has 1 saturated carbocycles. The largest absolute Gasteiger partial charge is 0.421 e. The average molecular weight is 442 g/mol. The van der Waals surface area contributed by atoms with Crippen LogP contribution in [-0.4, -0.2) is 18.7 Å². The Morgan fingerprint density at radius 1 is 1.19 bits per heavy atom. The van der Waals surface area contributed by atoms with Gasteiger partial charge in [-0.2, -0.15) is 13.2 Å². The minimum Gasteiger partial charge on any atom is -0.421 e. The lowest BCUT2D eigenvalue weighted by Gasteiger charge is -2.29. The highest BCUT2D eigenvalue weighted by Gasteiger charge is 2.41. The molecule has 0 spiro atoms. The molecule has 172 valence electrons. The number of esters is 1. The molecule has 3 nitrogen and oxygen atoms in total. The third kappa shape index (κ3) is 5.68. The number of rotatable bonds is 6. The summed E-state index contributed by atoms with van der Waals surface area (Å²) in [6, 6.07) is 2.40. The van der Waals surface area contributed by atoms with Gasteiger partial charge in [0.1, 0.15) is 0 Å². The normalized spacial score (nSPS) is 27.0. The van der Waals surface area contributed by atoms with E-state index in [1.165, 1.54) is 6.07 Å². The number of hydrogen-bond donors (Lipinski definition) is 0. The fraction of sp³-hybridized carbons (Fsp3) is 0.625. The molecule has 1 saturated heterocycles. The van der Waals surface area contributed by atoms with Gasteiger partial charge in [-0.3, -0.25) is 0 Å². The number of hydrogen-bond acceptors (Lipinski definition) is 3. The summed E-state index contributed by atoms with van der Waals surface area (Å²) < 4.78 is 66.8. The highest BCUT2D eigenvalue weighted by molar-refractivity contribution is 5.77. The number of benzene rings is 1. The van der Waals surface area contributed by atoms with Crippen LogP contribution < -0.4 is 4.74 Å². The second-order valence-corrected chi connectivity index (χ2v) is 8.66. The van der Waals surface area contributed by atoms with Crippen molar-refractivity contribution in [2.45, 2.75) is 76.5 Å². The maximum Gasteiger partial charge on any atom is 0.419 e. The van der Waals surface area contributed by atoms with Crippen molar-refractivity contribution >= 4 is 5.97 Å². The van der Waals surface area contributed by atoms with Crippen molar-refractivity contribution in [2.24, 2.45) is 11.8 Å². The first-order valence-corrected chi connectivity index (χ1v) is 11.1. The molecule has 1 aromatic rings. The summed E-state index contributed by atoms with van der Waals surface area (Å²) in [6.07, 6.45) is 1.77. The summed E-state index contributed by atoms with van der Waals surface area (Å²) in [5, 5.41) is 0. The molecule has 2 atom stereocenters. The molecular weight excluding hydrogens is 412 g/mol. The van der Waals surface area contributed by atoms with E-state index < -0.39 is 35.4 Å². The average Bonchev–Trinajstić information content (AvgIpc) is 2.75. The van der Waals surface area contributed by atoms with Gasteiger partial charge in [0.15, 0.2) is 17.7 Å². The zero-order valence-electron chi connectivity index (χ0n) is 17.8. The SMILES string of the molecule is C=CC1CCC(c2ccc(OC(=O)C3CCC(CCC)CO3)c(F)c2C(F)(F)F)CC1. The minimum absolute atomic E-state index is 0.0661. The molecule has 0 aromatic heterocycles. The third-order valence-electron chi connectivity index (χ3n) is 6.51. The molecule has 1 aliphatic carbocycles. The molecule has 0 bridgehead atoms. The molecule has 0 N–H and O–H groups in total. The Kier molecular flexibility index (Phi) is 7.78. The van der Waals surface area contributed by atoms with Crippen molar-refractivity contribution in [3.05, 3.63) is 41.7 Å². The van der Waals surface area contributed by atoms with E-state index in [0.717, 1.165) is 38.2 Å². The Hall–Kier alpha value is -1.89. The first kappa shape index (κ1) is 23.8. The Morgan fingerprint density at radius 2 is 1.90 bits per heavy atom. The lowest BCUT2D eigenvalue weighted by atomic mass is 9.77. The second kappa shape index (κ2) is 10.2. The van der Waals surface area contributed by atoms with Gasteiger partial charge in [-0.1, -0.05) is 25.5 Å². The first-order valence-electron chi connectivity index (χ1n) is 11.1. The van der Waals surface area contributed by atoms with Crippen molar-refractivity contribution in [3.8, 4) is 5.75 Å². The lowest BCUT2D eigenvalue weighted by Crippen LogP contribution is -2.35. The van der Waals surface area contributed by atoms with Crippen LogP contribution >= 0.6 is 0 Å². The summed E-state index contributed by atoms with van der Waals surface area (Å²) in [5.74, 6) is -2.81. The fourth-order valence-corrected chi connectivity index (χ4v) is 4.75. The van der Waals surface area contributed by atoms with Crippen LogP contribution in [0.25, 0.3) is 0 Å². The van der Waals surface area contributed by atoms with Crippen LogP contribution in [0.4, 0.5) is 17.6 Å². The predicted molar refractivity (Wildman–Crippen MR) is 109 cm³/mol. The molecule has 1 aromatic carbocycles. The zero-order chi connectivity index (χ0) is 22.6. The van der Waals surface area contributed by atoms with Gasteiger partial charge in [0.25, 0.3) is 0 Å². The lowest BCUT2D eigenvalue weighted by molar-refractivity contribution is -0.153. The topological polar surface area (TPSA) is 35.5 Å². The Morgan fingerprint density at radius 3 is 2.45 bits per heavy atom. The van der Waals surface area contributed by atoms with Gasteiger partial charge >= 0.3 is 12.1 Å². The van der Waals surface area contributed by atoms with Crippen molar-refractivity contribution in [1.82, 2.24) is 0 Å². The van der Waals surface area contributed by atoms with E-state index in [1.54, 1.807) is 0 Å². The quantitative estimate of drug-likeness (QED) is 0.210. The van der Waals surface area contributed by atoms with Crippen LogP contribution in [0.2, 0.25) is 0 Å². The van der Waals surface area contributed by atoms with Gasteiger partial charge in [-0.15, -0.1) is 6.58 Å². The molecule has 2 aliphatic rings. The highest BCUT2D eigenvalue weighted by Crippen LogP contribution is 2.45. The third-order valence-corrected chi connectivity index (χ3v) is 6.51. The Balaban J connectivity index is 1.76. The molecule has 0 radical (unpaired) electrons. The van der Waals surface area contributed by atoms with Crippen molar-refractivity contribution in [2.75, 3.05) is 6.61 Å². The number of ether oxygens (including phenoxy) is 2. The number of halogens is 4. The van der Waals surface area contributed by atoms with E-state index in [1.807, 2.05) is 6.08 Å². The van der Waals surface area contributed by atoms with Crippen LogP contribution in [0.15, 0.2) is 24.8 Å². The van der Waals surface area contributed by atoms with Crippen LogP contribution in [0.3, 0.4) is 0 Å². The second-order valence-electron chi connectivity index (χ2n) is 8.66. The monoisotopic (exact) mass is 442 g/mol. The zero-order valence-corrected chi connectivity index (χ0v) is 17.8. The number of carbonyl (C=O) groups is 1. The summed E-state index contributed by atoms with van der Waals surface area (Å²) in [5.41, 5.74) is -1.39. The van der Waals surface area contributed by atoms with Gasteiger partial charge < -0.3 is 9.47 Å². The summed E-state index contributed by atoms with van der Waals surface area (Å²) >= 11 is 0. The summed E-state index contributed by atoms with van der Waals surface area (Å²) in [7, 11) is 0. The molecule has 7 heteroatoms. The molecule has 1 aliphatic heterocycles. The van der Waals surface area contributed by atoms with Crippen molar-refractivity contribution < 1.29 is 31.8 Å². The van der Waals surface area contributed by atoms with Gasteiger partial charge in [0.05, 0.1) is 12.2 Å². The minimum atomic E-state index is -4.88. The number of carbonyl (C=O) groups excluding carboxylic acids is 1. The van der Waals surface area contributed by atoms with Crippen LogP contribution in [0.5, 0.6) is 5.75 Å². The van der Waals surface area contributed by atoms with Gasteiger partial charge in [0.2, 0.25) is 0 Å². The van der Waals surface area contributed by atoms with Gasteiger partial charge in [-0.25, -0.2) is 9.18 Å². The molecule has 2 fully saturated rings. The van der Waals surface area contributed by atoms with Crippen molar-refractivity contribution in [3.63, 3.8) is 0 Å². The van der Waals surface area contributed by atoms with Crippen LogP contribution in [-0.2, 0) is 15.7 Å². The number of alkyl halides is 3. The van der Waals surface area contributed by atoms with E-state index >= 15 is 0 Å². The highest BCUT2D eigenvalue weighted by atomic mass is 19.4.